The lowest BCUT2D eigenvalue weighted by molar-refractivity contribution is 0.552. The maximum Gasteiger partial charge on any atom is 0.0909 e. The standard InChI is InChI=1S/C20H26N2/c1-6-22(5)14-21-20-12-15(2)11-19(17(20)4)13-18-10-8-7-9-16(18)3/h7-12,14H,6,13H2,1-5H3. The molecule has 0 radical (unpaired) electrons. The third-order valence-corrected chi connectivity index (χ3v) is 4.17. The molecule has 0 heterocycles. The van der Waals surface area contributed by atoms with Crippen LogP contribution in [-0.4, -0.2) is 24.8 Å². The van der Waals surface area contributed by atoms with Gasteiger partial charge in [-0.2, -0.15) is 0 Å². The Morgan fingerprint density at radius 3 is 2.45 bits per heavy atom. The van der Waals surface area contributed by atoms with E-state index in [-0.39, 0.29) is 0 Å². The molecule has 2 heteroatoms. The topological polar surface area (TPSA) is 15.6 Å². The maximum absolute atomic E-state index is 4.66. The van der Waals surface area contributed by atoms with Crippen molar-refractivity contribution in [2.45, 2.75) is 34.1 Å². The van der Waals surface area contributed by atoms with Crippen LogP contribution >= 0.6 is 0 Å². The van der Waals surface area contributed by atoms with Crippen molar-refractivity contribution in [3.05, 3.63) is 64.2 Å². The molecule has 0 amide bonds. The molecule has 0 aliphatic carbocycles. The van der Waals surface area contributed by atoms with Gasteiger partial charge in [-0.15, -0.1) is 0 Å². The van der Waals surface area contributed by atoms with E-state index < -0.39 is 0 Å². The van der Waals surface area contributed by atoms with Crippen LogP contribution in [-0.2, 0) is 6.42 Å². The van der Waals surface area contributed by atoms with E-state index in [0.717, 1.165) is 18.7 Å². The Morgan fingerprint density at radius 1 is 1.05 bits per heavy atom. The largest absolute Gasteiger partial charge is 0.366 e. The monoisotopic (exact) mass is 294 g/mol. The van der Waals surface area contributed by atoms with Crippen LogP contribution in [0.25, 0.3) is 0 Å². The van der Waals surface area contributed by atoms with E-state index in [1.54, 1.807) is 0 Å². The molecule has 0 unspecified atom stereocenters. The fourth-order valence-corrected chi connectivity index (χ4v) is 2.49. The van der Waals surface area contributed by atoms with Gasteiger partial charge in [0.2, 0.25) is 0 Å². The first-order valence-electron chi connectivity index (χ1n) is 7.90. The molecule has 0 spiro atoms. The first kappa shape index (κ1) is 16.3. The number of rotatable bonds is 5. The lowest BCUT2D eigenvalue weighted by Crippen LogP contribution is -2.14. The highest BCUT2D eigenvalue weighted by Gasteiger charge is 2.07. The van der Waals surface area contributed by atoms with E-state index in [9.17, 15) is 0 Å². The fraction of sp³-hybridized carbons (Fsp3) is 0.350. The number of aryl methyl sites for hydroxylation is 2. The summed E-state index contributed by atoms with van der Waals surface area (Å²) in [4.78, 5) is 6.75. The Bertz CT molecular complexity index is 671. The van der Waals surface area contributed by atoms with E-state index in [4.69, 9.17) is 0 Å². The molecule has 0 aliphatic heterocycles. The minimum Gasteiger partial charge on any atom is -0.366 e. The van der Waals surface area contributed by atoms with Crippen LogP contribution in [0.1, 0.15) is 34.7 Å². The molecule has 0 aliphatic rings. The molecule has 0 saturated carbocycles. The van der Waals surface area contributed by atoms with Gasteiger partial charge in [-0.05, 0) is 68.0 Å². The predicted molar refractivity (Wildman–Crippen MR) is 96.4 cm³/mol. The van der Waals surface area contributed by atoms with Crippen molar-refractivity contribution < 1.29 is 0 Å². The summed E-state index contributed by atoms with van der Waals surface area (Å²) in [5, 5.41) is 0. The average Bonchev–Trinajstić information content (AvgIpc) is 2.50. The molecule has 2 rings (SSSR count). The second-order valence-electron chi connectivity index (χ2n) is 5.99. The zero-order valence-electron chi connectivity index (χ0n) is 14.4. The summed E-state index contributed by atoms with van der Waals surface area (Å²) < 4.78 is 0. The Hall–Kier alpha value is -2.09. The fourth-order valence-electron chi connectivity index (χ4n) is 2.49. The van der Waals surface area contributed by atoms with Crippen molar-refractivity contribution in [1.29, 1.82) is 0 Å². The highest BCUT2D eigenvalue weighted by molar-refractivity contribution is 5.64. The summed E-state index contributed by atoms with van der Waals surface area (Å²) in [6.07, 6.45) is 2.88. The normalized spacial score (nSPS) is 11.1. The molecule has 116 valence electrons. The van der Waals surface area contributed by atoms with Gasteiger partial charge in [0.05, 0.1) is 12.0 Å². The molecule has 2 aromatic carbocycles. The molecule has 0 atom stereocenters. The second kappa shape index (κ2) is 7.26. The van der Waals surface area contributed by atoms with Gasteiger partial charge in [-0.3, -0.25) is 0 Å². The molecule has 0 fully saturated rings. The number of hydrogen-bond acceptors (Lipinski definition) is 1. The Morgan fingerprint density at radius 2 is 1.77 bits per heavy atom. The third kappa shape index (κ3) is 3.97. The summed E-state index contributed by atoms with van der Waals surface area (Å²) in [7, 11) is 2.04. The van der Waals surface area contributed by atoms with Crippen molar-refractivity contribution in [3.63, 3.8) is 0 Å². The summed E-state index contributed by atoms with van der Waals surface area (Å²) in [5.41, 5.74) is 7.70. The quantitative estimate of drug-likeness (QED) is 0.570. The van der Waals surface area contributed by atoms with Gasteiger partial charge in [0, 0.05) is 13.6 Å². The van der Waals surface area contributed by atoms with Gasteiger partial charge in [-0.1, -0.05) is 30.3 Å². The van der Waals surface area contributed by atoms with Crippen molar-refractivity contribution in [1.82, 2.24) is 4.90 Å². The van der Waals surface area contributed by atoms with Crippen LogP contribution in [0.5, 0.6) is 0 Å². The molecule has 22 heavy (non-hydrogen) atoms. The molecular weight excluding hydrogens is 268 g/mol. The van der Waals surface area contributed by atoms with E-state index in [1.807, 2.05) is 13.4 Å². The first-order chi connectivity index (χ1) is 10.5. The summed E-state index contributed by atoms with van der Waals surface area (Å²) in [6.45, 7) is 9.58. The lowest BCUT2D eigenvalue weighted by Gasteiger charge is -2.13. The average molecular weight is 294 g/mol. The van der Waals surface area contributed by atoms with Gasteiger partial charge in [0.25, 0.3) is 0 Å². The molecule has 0 saturated heterocycles. The predicted octanol–water partition coefficient (Wildman–Crippen LogP) is 4.81. The number of hydrogen-bond donors (Lipinski definition) is 0. The minimum absolute atomic E-state index is 0.963. The third-order valence-electron chi connectivity index (χ3n) is 4.17. The van der Waals surface area contributed by atoms with Crippen LogP contribution in [0.3, 0.4) is 0 Å². The van der Waals surface area contributed by atoms with Crippen molar-refractivity contribution in [2.75, 3.05) is 13.6 Å². The lowest BCUT2D eigenvalue weighted by atomic mass is 9.95. The number of nitrogens with zero attached hydrogens (tertiary/aromatic N) is 2. The van der Waals surface area contributed by atoms with Crippen LogP contribution in [0, 0.1) is 20.8 Å². The molecule has 0 N–H and O–H groups in total. The van der Waals surface area contributed by atoms with E-state index in [1.165, 1.54) is 27.8 Å². The molecule has 0 aromatic heterocycles. The molecule has 2 aromatic rings. The number of aliphatic imine (C=N–C) groups is 1. The van der Waals surface area contributed by atoms with Gasteiger partial charge in [0.15, 0.2) is 0 Å². The summed E-state index contributed by atoms with van der Waals surface area (Å²) in [5.74, 6) is 0. The zero-order chi connectivity index (χ0) is 16.1. The highest BCUT2D eigenvalue weighted by Crippen LogP contribution is 2.26. The maximum atomic E-state index is 4.66. The Balaban J connectivity index is 2.35. The van der Waals surface area contributed by atoms with Crippen LogP contribution < -0.4 is 0 Å². The first-order valence-corrected chi connectivity index (χ1v) is 7.90. The van der Waals surface area contributed by atoms with Gasteiger partial charge >= 0.3 is 0 Å². The summed E-state index contributed by atoms with van der Waals surface area (Å²) >= 11 is 0. The summed E-state index contributed by atoms with van der Waals surface area (Å²) in [6, 6.07) is 13.0. The van der Waals surface area contributed by atoms with Gasteiger partial charge < -0.3 is 4.90 Å². The number of benzene rings is 2. The Labute approximate surface area is 134 Å². The second-order valence-corrected chi connectivity index (χ2v) is 5.99. The van der Waals surface area contributed by atoms with Crippen molar-refractivity contribution >= 4 is 12.0 Å². The molecule has 2 nitrogen and oxygen atoms in total. The van der Waals surface area contributed by atoms with Crippen molar-refractivity contribution in [3.8, 4) is 0 Å². The smallest absolute Gasteiger partial charge is 0.0909 e. The van der Waals surface area contributed by atoms with E-state index >= 15 is 0 Å². The van der Waals surface area contributed by atoms with Crippen LogP contribution in [0.4, 0.5) is 5.69 Å². The van der Waals surface area contributed by atoms with E-state index in [2.05, 4.69) is 74.0 Å². The molecule has 0 bridgehead atoms. The van der Waals surface area contributed by atoms with E-state index in [0.29, 0.717) is 0 Å². The van der Waals surface area contributed by atoms with Crippen LogP contribution in [0.2, 0.25) is 0 Å². The zero-order valence-corrected chi connectivity index (χ0v) is 14.4. The minimum atomic E-state index is 0.963. The Kier molecular flexibility index (Phi) is 5.37. The van der Waals surface area contributed by atoms with Crippen molar-refractivity contribution in [2.24, 2.45) is 4.99 Å². The van der Waals surface area contributed by atoms with Crippen LogP contribution in [0.15, 0.2) is 41.4 Å². The molecular formula is C20H26N2. The SMILES string of the molecule is CCN(C)C=Nc1cc(C)cc(Cc2ccccc2C)c1C. The van der Waals surface area contributed by atoms with Gasteiger partial charge in [-0.25, -0.2) is 4.99 Å². The van der Waals surface area contributed by atoms with Gasteiger partial charge in [0.1, 0.15) is 0 Å². The highest BCUT2D eigenvalue weighted by atomic mass is 15.1.